The van der Waals surface area contributed by atoms with Crippen LogP contribution in [0.1, 0.15) is 45.5 Å². The number of hydrogen-bond acceptors (Lipinski definition) is 3. The fourth-order valence-electron chi connectivity index (χ4n) is 4.86. The highest BCUT2D eigenvalue weighted by Crippen LogP contribution is 2.44. The molecule has 32 heavy (non-hydrogen) atoms. The van der Waals surface area contributed by atoms with Crippen LogP contribution in [0.3, 0.4) is 0 Å². The van der Waals surface area contributed by atoms with Crippen LogP contribution >= 0.6 is 34.3 Å². The Bertz CT molecular complexity index is 1270. The first-order valence-electron chi connectivity index (χ1n) is 10.9. The molecule has 1 aliphatic heterocycles. The number of aryl methyl sites for hydroxylation is 1. The van der Waals surface area contributed by atoms with Crippen molar-refractivity contribution in [2.24, 2.45) is 0 Å². The number of nitrogens with zero attached hydrogens (tertiary/aromatic N) is 2. The number of hydrogen-bond donors (Lipinski definition) is 1. The van der Waals surface area contributed by atoms with Crippen LogP contribution in [0.2, 0.25) is 5.02 Å². The molecule has 4 heterocycles. The van der Waals surface area contributed by atoms with Crippen LogP contribution in [0.5, 0.6) is 0 Å². The number of nitrogens with one attached hydrogen (secondary N) is 1. The summed E-state index contributed by atoms with van der Waals surface area (Å²) in [5, 5.41) is 7.13. The molecular weight excluding hydrogens is 458 g/mol. The molecule has 3 aromatic heterocycles. The highest BCUT2D eigenvalue weighted by Gasteiger charge is 2.36. The molecule has 1 aromatic carbocycles. The number of amides is 2. The molecule has 4 aromatic rings. The van der Waals surface area contributed by atoms with E-state index in [2.05, 4.69) is 45.7 Å². The zero-order chi connectivity index (χ0) is 21.7. The van der Waals surface area contributed by atoms with Gasteiger partial charge in [-0.2, -0.15) is 0 Å². The Balaban J connectivity index is 1.48. The molecule has 0 fully saturated rings. The van der Waals surface area contributed by atoms with Crippen LogP contribution in [0.25, 0.3) is 5.00 Å². The fourth-order valence-corrected chi connectivity index (χ4v) is 7.24. The first-order chi connectivity index (χ1) is 15.7. The number of aromatic nitrogens is 1. The third-order valence-corrected chi connectivity index (χ3v) is 8.86. The molecule has 2 aliphatic rings. The van der Waals surface area contributed by atoms with Crippen molar-refractivity contribution in [3.05, 3.63) is 91.7 Å². The largest absolute Gasteiger partial charge is 0.323 e. The maximum Gasteiger partial charge on any atom is 0.323 e. The van der Waals surface area contributed by atoms with Crippen molar-refractivity contribution < 1.29 is 4.79 Å². The van der Waals surface area contributed by atoms with Gasteiger partial charge in [0.1, 0.15) is 11.0 Å². The van der Waals surface area contributed by atoms with Gasteiger partial charge in [-0.3, -0.25) is 0 Å². The van der Waals surface area contributed by atoms with Gasteiger partial charge >= 0.3 is 6.03 Å². The molecule has 2 amide bonds. The quantitative estimate of drug-likeness (QED) is 0.322. The molecule has 0 unspecified atom stereocenters. The number of fused-ring (bicyclic) bond motifs is 5. The van der Waals surface area contributed by atoms with Crippen LogP contribution in [0.4, 0.5) is 10.5 Å². The van der Waals surface area contributed by atoms with E-state index in [1.165, 1.54) is 38.7 Å². The Labute approximate surface area is 200 Å². The van der Waals surface area contributed by atoms with Crippen LogP contribution < -0.4 is 5.32 Å². The van der Waals surface area contributed by atoms with Crippen molar-refractivity contribution in [3.8, 4) is 5.00 Å². The van der Waals surface area contributed by atoms with Gasteiger partial charge < -0.3 is 14.8 Å². The van der Waals surface area contributed by atoms with Crippen molar-refractivity contribution in [1.82, 2.24) is 9.47 Å². The SMILES string of the molecule is O=C(Nc1ccc(Cl)cc1)N1Cc2c(sc3c2CCCC3)-n2cccc2[C@H]1c1cccs1. The third kappa shape index (κ3) is 3.38. The summed E-state index contributed by atoms with van der Waals surface area (Å²) < 4.78 is 2.32. The number of thiophene rings is 2. The number of carbonyl (C=O) groups is 1. The summed E-state index contributed by atoms with van der Waals surface area (Å²) in [5.41, 5.74) is 4.66. The minimum atomic E-state index is -0.142. The molecule has 0 bridgehead atoms. The zero-order valence-electron chi connectivity index (χ0n) is 17.4. The summed E-state index contributed by atoms with van der Waals surface area (Å²) in [5.74, 6) is 0. The van der Waals surface area contributed by atoms with Crippen molar-refractivity contribution in [3.63, 3.8) is 0 Å². The summed E-state index contributed by atoms with van der Waals surface area (Å²) >= 11 is 9.65. The zero-order valence-corrected chi connectivity index (χ0v) is 19.8. The van der Waals surface area contributed by atoms with Crippen molar-refractivity contribution in [2.45, 2.75) is 38.3 Å². The molecule has 1 aliphatic carbocycles. The molecule has 0 saturated heterocycles. The highest BCUT2D eigenvalue weighted by atomic mass is 35.5. The Kier molecular flexibility index (Phi) is 5.09. The lowest BCUT2D eigenvalue weighted by Crippen LogP contribution is -2.37. The fraction of sp³-hybridized carbons (Fsp3) is 0.240. The van der Waals surface area contributed by atoms with Crippen molar-refractivity contribution in [1.29, 1.82) is 0 Å². The molecule has 4 nitrogen and oxygen atoms in total. The Morgan fingerprint density at radius 2 is 1.88 bits per heavy atom. The van der Waals surface area contributed by atoms with Crippen LogP contribution in [0, 0.1) is 0 Å². The molecule has 6 rings (SSSR count). The maximum absolute atomic E-state index is 13.7. The molecule has 1 atom stereocenters. The minimum absolute atomic E-state index is 0.0953. The number of carbonyl (C=O) groups excluding carboxylic acids is 1. The standard InChI is InChI=1S/C25H22ClN3OS2/c26-16-9-11-17(12-10-16)27-25(30)29-15-19-18-5-1-2-7-21(18)32-24(19)28-13-3-6-20(28)23(29)22-8-4-14-31-22/h3-4,6,8-14,23H,1-2,5,7,15H2,(H,27,30)/t23-/m0/s1. The molecule has 162 valence electrons. The monoisotopic (exact) mass is 479 g/mol. The van der Waals surface area contributed by atoms with E-state index in [0.29, 0.717) is 11.6 Å². The number of benzene rings is 1. The first kappa shape index (κ1) is 20.1. The van der Waals surface area contributed by atoms with Gasteiger partial charge in [-0.15, -0.1) is 22.7 Å². The summed E-state index contributed by atoms with van der Waals surface area (Å²) in [6.45, 7) is 0.602. The van der Waals surface area contributed by atoms with Gasteiger partial charge in [0, 0.05) is 32.2 Å². The predicted molar refractivity (Wildman–Crippen MR) is 132 cm³/mol. The van der Waals surface area contributed by atoms with E-state index in [0.717, 1.165) is 24.2 Å². The van der Waals surface area contributed by atoms with E-state index in [9.17, 15) is 4.79 Å². The molecule has 0 radical (unpaired) electrons. The normalized spacial score (nSPS) is 17.3. The summed E-state index contributed by atoms with van der Waals surface area (Å²) in [6.07, 6.45) is 6.88. The van der Waals surface area contributed by atoms with Crippen LogP contribution in [-0.4, -0.2) is 15.5 Å². The van der Waals surface area contributed by atoms with Crippen LogP contribution in [0.15, 0.2) is 60.1 Å². The lowest BCUT2D eigenvalue weighted by Gasteiger charge is -2.30. The lowest BCUT2D eigenvalue weighted by atomic mass is 9.95. The van der Waals surface area contributed by atoms with Crippen molar-refractivity contribution >= 4 is 46.0 Å². The van der Waals surface area contributed by atoms with E-state index in [4.69, 9.17) is 11.6 Å². The molecule has 7 heteroatoms. The van der Waals surface area contributed by atoms with Gasteiger partial charge in [-0.1, -0.05) is 17.7 Å². The Morgan fingerprint density at radius 1 is 1.03 bits per heavy atom. The lowest BCUT2D eigenvalue weighted by molar-refractivity contribution is 0.195. The van der Waals surface area contributed by atoms with E-state index in [1.807, 2.05) is 28.4 Å². The number of halogens is 1. The Hall–Kier alpha value is -2.54. The highest BCUT2D eigenvalue weighted by molar-refractivity contribution is 7.15. The third-order valence-electron chi connectivity index (χ3n) is 6.35. The number of rotatable bonds is 2. The molecular formula is C25H22ClN3OS2. The number of urea groups is 1. The van der Waals surface area contributed by atoms with E-state index in [-0.39, 0.29) is 12.1 Å². The average Bonchev–Trinajstić information content (AvgIpc) is 3.55. The Morgan fingerprint density at radius 3 is 2.69 bits per heavy atom. The second kappa shape index (κ2) is 8.10. The van der Waals surface area contributed by atoms with Gasteiger partial charge in [-0.25, -0.2) is 4.79 Å². The molecule has 1 N–H and O–H groups in total. The maximum atomic E-state index is 13.7. The van der Waals surface area contributed by atoms with Gasteiger partial charge in [0.15, 0.2) is 0 Å². The second-order valence-electron chi connectivity index (χ2n) is 8.28. The van der Waals surface area contributed by atoms with Crippen LogP contribution in [-0.2, 0) is 19.4 Å². The van der Waals surface area contributed by atoms with Crippen molar-refractivity contribution in [2.75, 3.05) is 5.32 Å². The smallest absolute Gasteiger partial charge is 0.310 e. The van der Waals surface area contributed by atoms with E-state index in [1.54, 1.807) is 23.5 Å². The summed E-state index contributed by atoms with van der Waals surface area (Å²) in [7, 11) is 0. The second-order valence-corrected chi connectivity index (χ2v) is 10.8. The first-order valence-corrected chi connectivity index (χ1v) is 12.9. The summed E-state index contributed by atoms with van der Waals surface area (Å²) in [4.78, 5) is 18.4. The summed E-state index contributed by atoms with van der Waals surface area (Å²) in [6, 6.07) is 15.5. The van der Waals surface area contributed by atoms with Gasteiger partial charge in [0.05, 0.1) is 12.2 Å². The number of anilines is 1. The molecule has 0 spiro atoms. The topological polar surface area (TPSA) is 37.3 Å². The van der Waals surface area contributed by atoms with Gasteiger partial charge in [0.2, 0.25) is 0 Å². The van der Waals surface area contributed by atoms with Gasteiger partial charge in [-0.05, 0) is 79.1 Å². The predicted octanol–water partition coefficient (Wildman–Crippen LogP) is 7.27. The van der Waals surface area contributed by atoms with E-state index >= 15 is 0 Å². The van der Waals surface area contributed by atoms with Gasteiger partial charge in [0.25, 0.3) is 0 Å². The average molecular weight is 480 g/mol. The minimum Gasteiger partial charge on any atom is -0.310 e. The molecule has 0 saturated carbocycles. The van der Waals surface area contributed by atoms with E-state index < -0.39 is 0 Å².